The van der Waals surface area contributed by atoms with E-state index in [1.807, 2.05) is 31.2 Å². The van der Waals surface area contributed by atoms with Gasteiger partial charge in [-0.15, -0.1) is 0 Å². The van der Waals surface area contributed by atoms with E-state index < -0.39 is 0 Å². The first-order valence-corrected chi connectivity index (χ1v) is 6.81. The molecule has 0 aliphatic heterocycles. The molecule has 2 aromatic rings. The van der Waals surface area contributed by atoms with E-state index in [-0.39, 0.29) is 0 Å². The van der Waals surface area contributed by atoms with Gasteiger partial charge in [-0.3, -0.25) is 0 Å². The van der Waals surface area contributed by atoms with Gasteiger partial charge in [-0.2, -0.15) is 0 Å². The van der Waals surface area contributed by atoms with Gasteiger partial charge in [0.05, 0.1) is 18.5 Å². The van der Waals surface area contributed by atoms with Crippen LogP contribution < -0.4 is 15.8 Å². The number of hydrogen-bond acceptors (Lipinski definition) is 3. The molecule has 0 aliphatic carbocycles. The van der Waals surface area contributed by atoms with E-state index >= 15 is 0 Å². The molecule has 0 bridgehead atoms. The molecule has 0 aliphatic rings. The fourth-order valence-corrected chi connectivity index (χ4v) is 2.29. The summed E-state index contributed by atoms with van der Waals surface area (Å²) in [5.41, 5.74) is 9.24. The highest BCUT2D eigenvalue weighted by molar-refractivity contribution is 7.80. The molecule has 2 aromatic carbocycles. The van der Waals surface area contributed by atoms with Crippen LogP contribution in [0.3, 0.4) is 0 Å². The standard InChI is InChI=1S/C15H15ClN2OS/c1-9-4-3-5-11(15(17)20)14(9)18-12-8-10(16)6-7-13(12)19-2/h3-8,18H,1-2H3,(H2,17,20). The molecule has 2 rings (SSSR count). The van der Waals surface area contributed by atoms with Crippen LogP contribution in [0.2, 0.25) is 5.02 Å². The third-order valence-electron chi connectivity index (χ3n) is 2.96. The van der Waals surface area contributed by atoms with Crippen molar-refractivity contribution < 1.29 is 4.74 Å². The fourth-order valence-electron chi connectivity index (χ4n) is 1.95. The van der Waals surface area contributed by atoms with Crippen LogP contribution in [0, 0.1) is 6.92 Å². The molecule has 0 saturated heterocycles. The van der Waals surface area contributed by atoms with Crippen molar-refractivity contribution in [1.82, 2.24) is 0 Å². The lowest BCUT2D eigenvalue weighted by atomic mass is 10.1. The molecule has 0 radical (unpaired) electrons. The second kappa shape index (κ2) is 6.11. The van der Waals surface area contributed by atoms with Crippen LogP contribution in [0.25, 0.3) is 0 Å². The summed E-state index contributed by atoms with van der Waals surface area (Å²) in [5.74, 6) is 0.701. The smallest absolute Gasteiger partial charge is 0.142 e. The molecule has 104 valence electrons. The number of anilines is 2. The monoisotopic (exact) mass is 306 g/mol. The quantitative estimate of drug-likeness (QED) is 0.837. The van der Waals surface area contributed by atoms with Crippen molar-refractivity contribution in [2.24, 2.45) is 5.73 Å². The predicted octanol–water partition coefficient (Wildman–Crippen LogP) is 4.03. The third-order valence-corrected chi connectivity index (χ3v) is 3.41. The van der Waals surface area contributed by atoms with E-state index in [0.29, 0.717) is 15.8 Å². The Hall–Kier alpha value is -1.78. The first-order chi connectivity index (χ1) is 9.52. The summed E-state index contributed by atoms with van der Waals surface area (Å²) in [6, 6.07) is 11.2. The largest absolute Gasteiger partial charge is 0.495 e. The van der Waals surface area contributed by atoms with Crippen LogP contribution in [0.4, 0.5) is 11.4 Å². The summed E-state index contributed by atoms with van der Waals surface area (Å²) in [7, 11) is 1.61. The molecule has 3 nitrogen and oxygen atoms in total. The Morgan fingerprint density at radius 2 is 2.05 bits per heavy atom. The van der Waals surface area contributed by atoms with Crippen molar-refractivity contribution in [3.05, 3.63) is 52.5 Å². The molecule has 0 unspecified atom stereocenters. The van der Waals surface area contributed by atoms with Crippen molar-refractivity contribution in [1.29, 1.82) is 0 Å². The topological polar surface area (TPSA) is 47.3 Å². The third kappa shape index (κ3) is 3.03. The van der Waals surface area contributed by atoms with Crippen molar-refractivity contribution in [2.75, 3.05) is 12.4 Å². The number of thiocarbonyl (C=S) groups is 1. The number of aryl methyl sites for hydroxylation is 1. The Balaban J connectivity index is 2.50. The van der Waals surface area contributed by atoms with Gasteiger partial charge < -0.3 is 15.8 Å². The Morgan fingerprint density at radius 1 is 1.30 bits per heavy atom. The van der Waals surface area contributed by atoms with Gasteiger partial charge in [-0.25, -0.2) is 0 Å². The normalized spacial score (nSPS) is 10.2. The van der Waals surface area contributed by atoms with Gasteiger partial charge >= 0.3 is 0 Å². The molecule has 0 spiro atoms. The van der Waals surface area contributed by atoms with Crippen molar-refractivity contribution in [2.45, 2.75) is 6.92 Å². The number of rotatable bonds is 4. The Morgan fingerprint density at radius 3 is 2.70 bits per heavy atom. The molecule has 0 amide bonds. The molecule has 0 aromatic heterocycles. The highest BCUT2D eigenvalue weighted by Gasteiger charge is 2.11. The summed E-state index contributed by atoms with van der Waals surface area (Å²) in [5, 5.41) is 3.93. The Labute approximate surface area is 128 Å². The number of benzene rings is 2. The zero-order valence-corrected chi connectivity index (χ0v) is 12.8. The SMILES string of the molecule is COc1ccc(Cl)cc1Nc1c(C)cccc1C(N)=S. The zero-order chi connectivity index (χ0) is 14.7. The molecular formula is C15H15ClN2OS. The molecule has 20 heavy (non-hydrogen) atoms. The molecule has 3 N–H and O–H groups in total. The van der Waals surface area contributed by atoms with Gasteiger partial charge in [0.1, 0.15) is 10.7 Å². The zero-order valence-electron chi connectivity index (χ0n) is 11.2. The number of nitrogens with one attached hydrogen (secondary N) is 1. The maximum absolute atomic E-state index is 6.04. The molecule has 0 heterocycles. The summed E-state index contributed by atoms with van der Waals surface area (Å²) in [4.78, 5) is 0.345. The Kier molecular flexibility index (Phi) is 4.47. The minimum Gasteiger partial charge on any atom is -0.495 e. The summed E-state index contributed by atoms with van der Waals surface area (Å²) >= 11 is 11.1. The van der Waals surface area contributed by atoms with E-state index in [2.05, 4.69) is 5.32 Å². The highest BCUT2D eigenvalue weighted by Crippen LogP contribution is 2.33. The fraction of sp³-hybridized carbons (Fsp3) is 0.133. The van der Waals surface area contributed by atoms with Gasteiger partial charge in [0.25, 0.3) is 0 Å². The molecule has 0 atom stereocenters. The van der Waals surface area contributed by atoms with Gasteiger partial charge in [-0.05, 0) is 36.8 Å². The van der Waals surface area contributed by atoms with Crippen LogP contribution >= 0.6 is 23.8 Å². The van der Waals surface area contributed by atoms with Crippen LogP contribution in [-0.2, 0) is 0 Å². The molecule has 0 fully saturated rings. The molecule has 0 saturated carbocycles. The summed E-state index contributed by atoms with van der Waals surface area (Å²) < 4.78 is 5.33. The first-order valence-electron chi connectivity index (χ1n) is 6.03. The lowest BCUT2D eigenvalue weighted by Crippen LogP contribution is -2.12. The van der Waals surface area contributed by atoms with Crippen LogP contribution in [0.5, 0.6) is 5.75 Å². The Bertz CT molecular complexity index is 658. The number of ether oxygens (including phenoxy) is 1. The summed E-state index contributed by atoms with van der Waals surface area (Å²) in [6.07, 6.45) is 0. The second-order valence-corrected chi connectivity index (χ2v) is 5.21. The number of halogens is 1. The predicted molar refractivity (Wildman–Crippen MR) is 88.4 cm³/mol. The van der Waals surface area contributed by atoms with Crippen molar-refractivity contribution in [3.63, 3.8) is 0 Å². The van der Waals surface area contributed by atoms with E-state index in [1.165, 1.54) is 0 Å². The molecular weight excluding hydrogens is 292 g/mol. The average molecular weight is 307 g/mol. The minimum absolute atomic E-state index is 0.345. The number of methoxy groups -OCH3 is 1. The van der Waals surface area contributed by atoms with Crippen molar-refractivity contribution >= 4 is 40.2 Å². The van der Waals surface area contributed by atoms with E-state index in [4.69, 9.17) is 34.3 Å². The van der Waals surface area contributed by atoms with Crippen LogP contribution in [-0.4, -0.2) is 12.1 Å². The van der Waals surface area contributed by atoms with E-state index in [0.717, 1.165) is 22.5 Å². The maximum Gasteiger partial charge on any atom is 0.142 e. The van der Waals surface area contributed by atoms with Crippen molar-refractivity contribution in [3.8, 4) is 5.75 Å². The van der Waals surface area contributed by atoms with Gasteiger partial charge in [0, 0.05) is 10.6 Å². The van der Waals surface area contributed by atoms with Crippen LogP contribution in [0.1, 0.15) is 11.1 Å². The van der Waals surface area contributed by atoms with E-state index in [1.54, 1.807) is 19.2 Å². The van der Waals surface area contributed by atoms with Crippen LogP contribution in [0.15, 0.2) is 36.4 Å². The number of para-hydroxylation sites is 1. The highest BCUT2D eigenvalue weighted by atomic mass is 35.5. The number of nitrogens with two attached hydrogens (primary N) is 1. The van der Waals surface area contributed by atoms with E-state index in [9.17, 15) is 0 Å². The summed E-state index contributed by atoms with van der Waals surface area (Å²) in [6.45, 7) is 1.99. The number of hydrogen-bond donors (Lipinski definition) is 2. The average Bonchev–Trinajstić information content (AvgIpc) is 2.41. The molecule has 5 heteroatoms. The lowest BCUT2D eigenvalue weighted by Gasteiger charge is -2.16. The minimum atomic E-state index is 0.345. The van der Waals surface area contributed by atoms with Gasteiger partial charge in [0.15, 0.2) is 0 Å². The second-order valence-electron chi connectivity index (χ2n) is 4.33. The lowest BCUT2D eigenvalue weighted by molar-refractivity contribution is 0.417. The van der Waals surface area contributed by atoms with Gasteiger partial charge in [0.2, 0.25) is 0 Å². The van der Waals surface area contributed by atoms with Gasteiger partial charge in [-0.1, -0.05) is 36.0 Å². The first kappa shape index (κ1) is 14.6. The maximum atomic E-state index is 6.04.